The molecule has 0 aromatic heterocycles. The fraction of sp³-hybridized carbons (Fsp3) is 0.588. The number of ether oxygens (including phenoxy) is 1. The molecule has 6 heteroatoms. The molecule has 0 spiro atoms. The van der Waals surface area contributed by atoms with Crippen LogP contribution in [0.4, 0.5) is 14.9 Å². The Morgan fingerprint density at radius 2 is 2.17 bits per heavy atom. The van der Waals surface area contributed by atoms with Gasteiger partial charge in [-0.1, -0.05) is 15.9 Å². The first kappa shape index (κ1) is 18.0. The second-order valence-electron chi connectivity index (χ2n) is 6.83. The third-order valence-corrected chi connectivity index (χ3v) is 4.21. The highest BCUT2D eigenvalue weighted by molar-refractivity contribution is 9.10. The molecule has 0 bridgehead atoms. The van der Waals surface area contributed by atoms with E-state index in [4.69, 9.17) is 4.74 Å². The molecule has 1 amide bonds. The molecule has 0 aliphatic carbocycles. The van der Waals surface area contributed by atoms with Crippen molar-refractivity contribution >= 4 is 27.7 Å². The van der Waals surface area contributed by atoms with Crippen LogP contribution in [-0.2, 0) is 4.74 Å². The van der Waals surface area contributed by atoms with Crippen LogP contribution in [0.3, 0.4) is 0 Å². The third kappa shape index (κ3) is 5.37. The number of piperidine rings is 1. The van der Waals surface area contributed by atoms with E-state index in [9.17, 15) is 9.18 Å². The Labute approximate surface area is 145 Å². The molecular weight excluding hydrogens is 363 g/mol. The molecule has 1 fully saturated rings. The minimum Gasteiger partial charge on any atom is -0.444 e. The van der Waals surface area contributed by atoms with E-state index in [1.807, 2.05) is 20.8 Å². The zero-order valence-corrected chi connectivity index (χ0v) is 15.5. The van der Waals surface area contributed by atoms with Crippen molar-refractivity contribution in [3.05, 3.63) is 28.5 Å². The summed E-state index contributed by atoms with van der Waals surface area (Å²) in [7, 11) is 0. The van der Waals surface area contributed by atoms with Crippen molar-refractivity contribution in [2.75, 3.05) is 18.4 Å². The van der Waals surface area contributed by atoms with Gasteiger partial charge in [-0.2, -0.15) is 0 Å². The van der Waals surface area contributed by atoms with E-state index < -0.39 is 5.60 Å². The minimum atomic E-state index is -0.510. The standard InChI is InChI=1S/C17H24BrFN2O2/c1-17(2,3)23-16(22)21-9-5-4-6-13(21)11-20-15-8-7-12(18)10-14(15)19/h7-8,10,13,20H,4-6,9,11H2,1-3H3. The number of hydrogen-bond acceptors (Lipinski definition) is 3. The number of anilines is 1. The Balaban J connectivity index is 1.99. The first-order valence-corrected chi connectivity index (χ1v) is 8.74. The van der Waals surface area contributed by atoms with Gasteiger partial charge in [0.15, 0.2) is 0 Å². The summed E-state index contributed by atoms with van der Waals surface area (Å²) in [6.07, 6.45) is 2.64. The SMILES string of the molecule is CC(C)(C)OC(=O)N1CCCCC1CNc1ccc(Br)cc1F. The highest BCUT2D eigenvalue weighted by Crippen LogP contribution is 2.23. The van der Waals surface area contributed by atoms with Gasteiger partial charge in [-0.3, -0.25) is 0 Å². The highest BCUT2D eigenvalue weighted by Gasteiger charge is 2.30. The summed E-state index contributed by atoms with van der Waals surface area (Å²) in [4.78, 5) is 14.1. The number of carbonyl (C=O) groups excluding carboxylic acids is 1. The molecule has 1 unspecified atom stereocenters. The van der Waals surface area contributed by atoms with Gasteiger partial charge < -0.3 is 15.0 Å². The summed E-state index contributed by atoms with van der Waals surface area (Å²) in [5.41, 5.74) is -0.0625. The molecule has 1 heterocycles. The van der Waals surface area contributed by atoms with Crippen LogP contribution >= 0.6 is 15.9 Å². The van der Waals surface area contributed by atoms with Crippen LogP contribution in [0.15, 0.2) is 22.7 Å². The summed E-state index contributed by atoms with van der Waals surface area (Å²) in [6, 6.07) is 4.92. The lowest BCUT2D eigenvalue weighted by Gasteiger charge is -2.37. The lowest BCUT2D eigenvalue weighted by Crippen LogP contribution is -2.48. The fourth-order valence-electron chi connectivity index (χ4n) is 2.63. The van der Waals surface area contributed by atoms with Gasteiger partial charge in [0.05, 0.1) is 11.7 Å². The van der Waals surface area contributed by atoms with Crippen LogP contribution in [0.25, 0.3) is 0 Å². The number of halogens is 2. The largest absolute Gasteiger partial charge is 0.444 e. The van der Waals surface area contributed by atoms with Gasteiger partial charge in [-0.15, -0.1) is 0 Å². The number of nitrogens with zero attached hydrogens (tertiary/aromatic N) is 1. The van der Waals surface area contributed by atoms with Crippen LogP contribution in [0.2, 0.25) is 0 Å². The predicted molar refractivity (Wildman–Crippen MR) is 93.2 cm³/mol. The molecule has 1 saturated heterocycles. The molecule has 0 saturated carbocycles. The van der Waals surface area contributed by atoms with E-state index in [1.165, 1.54) is 6.07 Å². The molecule has 23 heavy (non-hydrogen) atoms. The lowest BCUT2D eigenvalue weighted by molar-refractivity contribution is 0.0114. The number of nitrogens with one attached hydrogen (secondary N) is 1. The van der Waals surface area contributed by atoms with Crippen LogP contribution in [-0.4, -0.2) is 35.7 Å². The average Bonchev–Trinajstić information content (AvgIpc) is 2.45. The van der Waals surface area contributed by atoms with Crippen LogP contribution < -0.4 is 5.32 Å². The van der Waals surface area contributed by atoms with Gasteiger partial charge in [-0.05, 0) is 58.2 Å². The van der Waals surface area contributed by atoms with Crippen LogP contribution in [0.5, 0.6) is 0 Å². The predicted octanol–water partition coefficient (Wildman–Crippen LogP) is 4.79. The fourth-order valence-corrected chi connectivity index (χ4v) is 2.97. The van der Waals surface area contributed by atoms with Gasteiger partial charge in [0.1, 0.15) is 11.4 Å². The summed E-state index contributed by atoms with van der Waals surface area (Å²) >= 11 is 3.24. The zero-order valence-electron chi connectivity index (χ0n) is 13.9. The van der Waals surface area contributed by atoms with Crippen molar-refractivity contribution in [2.24, 2.45) is 0 Å². The van der Waals surface area contributed by atoms with E-state index in [1.54, 1.807) is 17.0 Å². The lowest BCUT2D eigenvalue weighted by atomic mass is 10.0. The van der Waals surface area contributed by atoms with Crippen molar-refractivity contribution in [1.82, 2.24) is 4.90 Å². The maximum Gasteiger partial charge on any atom is 0.410 e. The Bertz CT molecular complexity index is 560. The highest BCUT2D eigenvalue weighted by atomic mass is 79.9. The molecule has 1 aromatic carbocycles. The Kier molecular flexibility index (Phi) is 5.89. The number of hydrogen-bond donors (Lipinski definition) is 1. The first-order valence-electron chi connectivity index (χ1n) is 7.95. The maximum atomic E-state index is 13.9. The quantitative estimate of drug-likeness (QED) is 0.811. The second-order valence-corrected chi connectivity index (χ2v) is 7.74. The number of likely N-dealkylation sites (tertiary alicyclic amines) is 1. The molecule has 128 valence electrons. The smallest absolute Gasteiger partial charge is 0.410 e. The van der Waals surface area contributed by atoms with Gasteiger partial charge in [0, 0.05) is 17.6 Å². The van der Waals surface area contributed by atoms with Crippen LogP contribution in [0.1, 0.15) is 40.0 Å². The first-order chi connectivity index (χ1) is 10.8. The number of benzene rings is 1. The monoisotopic (exact) mass is 386 g/mol. The minimum absolute atomic E-state index is 0.0154. The van der Waals surface area contributed by atoms with E-state index in [-0.39, 0.29) is 18.0 Å². The van der Waals surface area contributed by atoms with Gasteiger partial charge >= 0.3 is 6.09 Å². The Morgan fingerprint density at radius 1 is 1.43 bits per heavy atom. The molecule has 0 radical (unpaired) electrons. The Hall–Kier alpha value is -1.30. The van der Waals surface area contributed by atoms with Gasteiger partial charge in [-0.25, -0.2) is 9.18 Å². The van der Waals surface area contributed by atoms with Gasteiger partial charge in [0.2, 0.25) is 0 Å². The second kappa shape index (κ2) is 7.51. The van der Waals surface area contributed by atoms with Crippen LogP contribution in [0, 0.1) is 5.82 Å². The molecule has 1 N–H and O–H groups in total. The molecule has 1 aliphatic rings. The normalized spacial score (nSPS) is 18.7. The van der Waals surface area contributed by atoms with Crippen molar-refractivity contribution in [2.45, 2.75) is 51.7 Å². The molecule has 4 nitrogen and oxygen atoms in total. The molecule has 2 rings (SSSR count). The molecule has 1 aliphatic heterocycles. The Morgan fingerprint density at radius 3 is 2.83 bits per heavy atom. The summed E-state index contributed by atoms with van der Waals surface area (Å²) in [5, 5.41) is 3.11. The summed E-state index contributed by atoms with van der Waals surface area (Å²) < 4.78 is 20.1. The summed E-state index contributed by atoms with van der Waals surface area (Å²) in [5.74, 6) is -0.306. The van der Waals surface area contributed by atoms with Crippen molar-refractivity contribution < 1.29 is 13.9 Å². The van der Waals surface area contributed by atoms with E-state index >= 15 is 0 Å². The number of rotatable bonds is 3. The molecule has 1 aromatic rings. The average molecular weight is 387 g/mol. The van der Waals surface area contributed by atoms with E-state index in [2.05, 4.69) is 21.2 Å². The van der Waals surface area contributed by atoms with Crippen molar-refractivity contribution in [1.29, 1.82) is 0 Å². The van der Waals surface area contributed by atoms with Crippen molar-refractivity contribution in [3.63, 3.8) is 0 Å². The van der Waals surface area contributed by atoms with Gasteiger partial charge in [0.25, 0.3) is 0 Å². The zero-order chi connectivity index (χ0) is 17.0. The number of amides is 1. The topological polar surface area (TPSA) is 41.6 Å². The third-order valence-electron chi connectivity index (χ3n) is 3.71. The molecular formula is C17H24BrFN2O2. The molecule has 1 atom stereocenters. The maximum absolute atomic E-state index is 13.9. The van der Waals surface area contributed by atoms with Crippen molar-refractivity contribution in [3.8, 4) is 0 Å². The number of carbonyl (C=O) groups is 1. The summed E-state index contributed by atoms with van der Waals surface area (Å²) in [6.45, 7) is 6.78. The van der Waals surface area contributed by atoms with E-state index in [0.29, 0.717) is 23.2 Å². The van der Waals surface area contributed by atoms with E-state index in [0.717, 1.165) is 19.3 Å².